The minimum atomic E-state index is 0.210. The number of hydrogen-bond donors (Lipinski definition) is 2. The molecule has 0 spiro atoms. The maximum Gasteiger partial charge on any atom is 0.138 e. The summed E-state index contributed by atoms with van der Waals surface area (Å²) in [6.45, 7) is 2.98. The van der Waals surface area contributed by atoms with Crippen molar-refractivity contribution in [1.82, 2.24) is 5.32 Å². The van der Waals surface area contributed by atoms with E-state index in [0.717, 1.165) is 11.5 Å². The first kappa shape index (κ1) is 11.7. The number of phenolic OH excluding ortho intramolecular Hbond substituents is 1. The van der Waals surface area contributed by atoms with Gasteiger partial charge in [0.25, 0.3) is 0 Å². The number of halogens is 1. The van der Waals surface area contributed by atoms with Crippen LogP contribution in [0.5, 0.6) is 5.75 Å². The van der Waals surface area contributed by atoms with Gasteiger partial charge in [0.1, 0.15) is 5.75 Å². The molecule has 0 saturated heterocycles. The number of rotatable bonds is 3. The van der Waals surface area contributed by atoms with Crippen LogP contribution in [0, 0.1) is 5.92 Å². The molecule has 3 heteroatoms. The number of para-hydroxylation sites is 1. The Kier molecular flexibility index (Phi) is 3.72. The third-order valence-corrected chi connectivity index (χ3v) is 3.79. The second-order valence-electron chi connectivity index (χ2n) is 4.64. The van der Waals surface area contributed by atoms with Gasteiger partial charge in [-0.3, -0.25) is 0 Å². The lowest BCUT2D eigenvalue weighted by Gasteiger charge is -2.17. The van der Waals surface area contributed by atoms with E-state index in [0.29, 0.717) is 17.6 Å². The molecule has 2 rings (SSSR count). The van der Waals surface area contributed by atoms with Crippen molar-refractivity contribution in [2.45, 2.75) is 38.8 Å². The van der Waals surface area contributed by atoms with Crippen LogP contribution in [0.4, 0.5) is 0 Å². The van der Waals surface area contributed by atoms with Gasteiger partial charge in [0.05, 0.1) is 5.02 Å². The maximum absolute atomic E-state index is 9.77. The molecule has 0 radical (unpaired) electrons. The van der Waals surface area contributed by atoms with Crippen LogP contribution in [0.1, 0.15) is 31.7 Å². The molecular formula is C13H18ClNO. The molecule has 0 heterocycles. The normalized spacial score (nSPS) is 24.9. The lowest BCUT2D eigenvalue weighted by atomic mass is 10.1. The summed E-state index contributed by atoms with van der Waals surface area (Å²) >= 11 is 5.86. The van der Waals surface area contributed by atoms with Gasteiger partial charge in [0.15, 0.2) is 0 Å². The van der Waals surface area contributed by atoms with Crippen LogP contribution in [0.3, 0.4) is 0 Å². The van der Waals surface area contributed by atoms with Crippen LogP contribution in [0.2, 0.25) is 5.02 Å². The summed E-state index contributed by atoms with van der Waals surface area (Å²) in [5, 5.41) is 13.7. The van der Waals surface area contributed by atoms with Gasteiger partial charge in [0, 0.05) is 18.2 Å². The molecule has 0 aromatic heterocycles. The monoisotopic (exact) mass is 239 g/mol. The summed E-state index contributed by atoms with van der Waals surface area (Å²) < 4.78 is 0. The van der Waals surface area contributed by atoms with Crippen molar-refractivity contribution >= 4 is 11.6 Å². The zero-order valence-electron chi connectivity index (χ0n) is 9.54. The molecule has 1 aromatic rings. The van der Waals surface area contributed by atoms with Crippen LogP contribution in [0.15, 0.2) is 18.2 Å². The Balaban J connectivity index is 1.96. The first-order valence-electron chi connectivity index (χ1n) is 5.88. The van der Waals surface area contributed by atoms with Gasteiger partial charge in [-0.25, -0.2) is 0 Å². The molecule has 1 aliphatic rings. The highest BCUT2D eigenvalue weighted by molar-refractivity contribution is 6.32. The minimum absolute atomic E-state index is 0.210. The molecule has 2 atom stereocenters. The van der Waals surface area contributed by atoms with E-state index in [1.807, 2.05) is 12.1 Å². The van der Waals surface area contributed by atoms with E-state index in [-0.39, 0.29) is 5.75 Å². The average molecular weight is 240 g/mol. The lowest BCUT2D eigenvalue weighted by Crippen LogP contribution is -2.30. The summed E-state index contributed by atoms with van der Waals surface area (Å²) in [6.07, 6.45) is 3.85. The molecule has 1 saturated carbocycles. The van der Waals surface area contributed by atoms with Crippen LogP contribution in [-0.4, -0.2) is 11.1 Å². The van der Waals surface area contributed by atoms with E-state index in [2.05, 4.69) is 12.2 Å². The number of hydrogen-bond acceptors (Lipinski definition) is 2. The standard InChI is InChI=1S/C13H18ClNO/c1-9-4-2-7-12(9)15-8-10-5-3-6-11(14)13(10)16/h3,5-6,9,12,15-16H,2,4,7-8H2,1H3. The number of nitrogens with one attached hydrogen (secondary N) is 1. The lowest BCUT2D eigenvalue weighted by molar-refractivity contribution is 0.415. The molecule has 88 valence electrons. The van der Waals surface area contributed by atoms with Crippen molar-refractivity contribution in [3.05, 3.63) is 28.8 Å². The fourth-order valence-corrected chi connectivity index (χ4v) is 2.59. The Bertz CT molecular complexity index is 367. The molecule has 1 aliphatic carbocycles. The van der Waals surface area contributed by atoms with Gasteiger partial charge in [-0.2, -0.15) is 0 Å². The van der Waals surface area contributed by atoms with Gasteiger partial charge in [-0.1, -0.05) is 37.1 Å². The molecule has 16 heavy (non-hydrogen) atoms. The summed E-state index contributed by atoms with van der Waals surface area (Å²) in [5.41, 5.74) is 0.881. The number of aromatic hydroxyl groups is 1. The van der Waals surface area contributed by atoms with Crippen LogP contribution in [-0.2, 0) is 6.54 Å². The van der Waals surface area contributed by atoms with Crippen molar-refractivity contribution < 1.29 is 5.11 Å². The van der Waals surface area contributed by atoms with E-state index >= 15 is 0 Å². The van der Waals surface area contributed by atoms with Gasteiger partial charge >= 0.3 is 0 Å². The molecule has 2 N–H and O–H groups in total. The SMILES string of the molecule is CC1CCCC1NCc1cccc(Cl)c1O. The Morgan fingerprint density at radius 1 is 1.44 bits per heavy atom. The first-order chi connectivity index (χ1) is 7.68. The van der Waals surface area contributed by atoms with Crippen molar-refractivity contribution in [3.8, 4) is 5.75 Å². The minimum Gasteiger partial charge on any atom is -0.506 e. The zero-order chi connectivity index (χ0) is 11.5. The van der Waals surface area contributed by atoms with Crippen molar-refractivity contribution in [3.63, 3.8) is 0 Å². The van der Waals surface area contributed by atoms with Crippen LogP contribution in [0.25, 0.3) is 0 Å². The van der Waals surface area contributed by atoms with E-state index in [1.165, 1.54) is 19.3 Å². The fourth-order valence-electron chi connectivity index (χ4n) is 2.39. The second-order valence-corrected chi connectivity index (χ2v) is 5.05. The first-order valence-corrected chi connectivity index (χ1v) is 6.26. The third-order valence-electron chi connectivity index (χ3n) is 3.49. The van der Waals surface area contributed by atoms with E-state index < -0.39 is 0 Å². The van der Waals surface area contributed by atoms with Crippen LogP contribution >= 0.6 is 11.6 Å². The van der Waals surface area contributed by atoms with Crippen molar-refractivity contribution in [1.29, 1.82) is 0 Å². The highest BCUT2D eigenvalue weighted by Crippen LogP contribution is 2.28. The Hall–Kier alpha value is -0.730. The van der Waals surface area contributed by atoms with Gasteiger partial charge in [-0.05, 0) is 24.8 Å². The Morgan fingerprint density at radius 2 is 2.25 bits per heavy atom. The summed E-state index contributed by atoms with van der Waals surface area (Å²) in [5.74, 6) is 0.948. The van der Waals surface area contributed by atoms with Gasteiger partial charge in [0.2, 0.25) is 0 Å². The highest BCUT2D eigenvalue weighted by Gasteiger charge is 2.22. The van der Waals surface area contributed by atoms with Gasteiger partial charge < -0.3 is 10.4 Å². The summed E-state index contributed by atoms with van der Waals surface area (Å²) in [6, 6.07) is 6.07. The topological polar surface area (TPSA) is 32.3 Å². The number of benzene rings is 1. The molecule has 1 fully saturated rings. The van der Waals surface area contributed by atoms with Crippen molar-refractivity contribution in [2.75, 3.05) is 0 Å². The zero-order valence-corrected chi connectivity index (χ0v) is 10.3. The molecule has 2 unspecified atom stereocenters. The molecule has 0 bridgehead atoms. The summed E-state index contributed by atoms with van der Waals surface area (Å²) in [7, 11) is 0. The maximum atomic E-state index is 9.77. The van der Waals surface area contributed by atoms with E-state index in [4.69, 9.17) is 11.6 Å². The Morgan fingerprint density at radius 3 is 2.94 bits per heavy atom. The van der Waals surface area contributed by atoms with Crippen molar-refractivity contribution in [2.24, 2.45) is 5.92 Å². The highest BCUT2D eigenvalue weighted by atomic mass is 35.5. The van der Waals surface area contributed by atoms with E-state index in [9.17, 15) is 5.11 Å². The van der Waals surface area contributed by atoms with E-state index in [1.54, 1.807) is 6.07 Å². The smallest absolute Gasteiger partial charge is 0.138 e. The summed E-state index contributed by atoms with van der Waals surface area (Å²) in [4.78, 5) is 0. The average Bonchev–Trinajstić information content (AvgIpc) is 2.67. The Labute approximate surface area is 102 Å². The molecule has 0 amide bonds. The molecule has 2 nitrogen and oxygen atoms in total. The number of phenols is 1. The quantitative estimate of drug-likeness (QED) is 0.848. The van der Waals surface area contributed by atoms with Gasteiger partial charge in [-0.15, -0.1) is 0 Å². The molecule has 1 aromatic carbocycles. The third kappa shape index (κ3) is 2.50. The predicted octanol–water partition coefficient (Wildman–Crippen LogP) is 3.32. The molecule has 0 aliphatic heterocycles. The largest absolute Gasteiger partial charge is 0.506 e. The fraction of sp³-hybridized carbons (Fsp3) is 0.538. The predicted molar refractivity (Wildman–Crippen MR) is 66.8 cm³/mol. The second kappa shape index (κ2) is 5.07. The molecular weight excluding hydrogens is 222 g/mol. The van der Waals surface area contributed by atoms with Crippen LogP contribution < -0.4 is 5.32 Å².